The van der Waals surface area contributed by atoms with Crippen molar-refractivity contribution in [3.63, 3.8) is 0 Å². The van der Waals surface area contributed by atoms with Gasteiger partial charge in [-0.2, -0.15) is 5.10 Å². The van der Waals surface area contributed by atoms with Crippen LogP contribution >= 0.6 is 35.6 Å². The van der Waals surface area contributed by atoms with Gasteiger partial charge in [0.1, 0.15) is 0 Å². The van der Waals surface area contributed by atoms with Gasteiger partial charge in [0.25, 0.3) is 0 Å². The van der Waals surface area contributed by atoms with Gasteiger partial charge in [-0.25, -0.2) is 0 Å². The molecule has 2 rings (SSSR count). The van der Waals surface area contributed by atoms with Gasteiger partial charge in [-0.3, -0.25) is 9.67 Å². The molecular formula is C19H29ClIN5. The number of benzene rings is 1. The monoisotopic (exact) mass is 489 g/mol. The maximum absolute atomic E-state index is 5.91. The van der Waals surface area contributed by atoms with Crippen LogP contribution in [-0.4, -0.2) is 35.4 Å². The Morgan fingerprint density at radius 3 is 2.54 bits per heavy atom. The minimum atomic E-state index is 0. The van der Waals surface area contributed by atoms with Gasteiger partial charge in [0.2, 0.25) is 0 Å². The Balaban J connectivity index is 0.00000338. The molecule has 0 saturated carbocycles. The fourth-order valence-electron chi connectivity index (χ4n) is 2.63. The second kappa shape index (κ2) is 12.2. The first-order valence-corrected chi connectivity index (χ1v) is 9.24. The second-order valence-electron chi connectivity index (χ2n) is 6.07. The molecular weight excluding hydrogens is 461 g/mol. The second-order valence-corrected chi connectivity index (χ2v) is 6.50. The van der Waals surface area contributed by atoms with Crippen LogP contribution in [0.3, 0.4) is 0 Å². The molecule has 0 spiro atoms. The molecule has 0 unspecified atom stereocenters. The van der Waals surface area contributed by atoms with E-state index in [0.29, 0.717) is 0 Å². The lowest BCUT2D eigenvalue weighted by Crippen LogP contribution is -2.38. The van der Waals surface area contributed by atoms with E-state index in [9.17, 15) is 0 Å². The third-order valence-electron chi connectivity index (χ3n) is 3.86. The van der Waals surface area contributed by atoms with Gasteiger partial charge in [-0.05, 0) is 57.4 Å². The smallest absolute Gasteiger partial charge is 0.191 e. The number of aryl methyl sites for hydroxylation is 3. The number of hydrogen-bond acceptors (Lipinski definition) is 2. The zero-order valence-electron chi connectivity index (χ0n) is 15.8. The lowest BCUT2D eigenvalue weighted by atomic mass is 10.1. The molecule has 26 heavy (non-hydrogen) atoms. The molecule has 0 saturated heterocycles. The fourth-order valence-corrected chi connectivity index (χ4v) is 2.76. The van der Waals surface area contributed by atoms with E-state index in [-0.39, 0.29) is 24.0 Å². The summed E-state index contributed by atoms with van der Waals surface area (Å²) in [6.45, 7) is 9.55. The largest absolute Gasteiger partial charge is 0.357 e. The average Bonchev–Trinajstić information content (AvgIpc) is 2.91. The van der Waals surface area contributed by atoms with Crippen molar-refractivity contribution in [2.75, 3.05) is 19.6 Å². The standard InChI is InChI=1S/C19H28ClN5.HI/c1-4-21-19(23-12-10-17-6-8-18(20)9-7-17)22-11-5-13-25-16(3)14-15(2)24-25;/h6-9,14H,4-5,10-13H2,1-3H3,(H2,21,22,23);1H. The number of guanidine groups is 1. The predicted octanol–water partition coefficient (Wildman–Crippen LogP) is 3.96. The van der Waals surface area contributed by atoms with Gasteiger partial charge in [0.15, 0.2) is 5.96 Å². The number of hydrogen-bond donors (Lipinski definition) is 2. The third-order valence-corrected chi connectivity index (χ3v) is 4.12. The summed E-state index contributed by atoms with van der Waals surface area (Å²) in [6, 6.07) is 10.1. The Morgan fingerprint density at radius 2 is 1.92 bits per heavy atom. The molecule has 0 atom stereocenters. The van der Waals surface area contributed by atoms with Crippen molar-refractivity contribution in [3.8, 4) is 0 Å². The lowest BCUT2D eigenvalue weighted by molar-refractivity contribution is 0.567. The topological polar surface area (TPSA) is 54.2 Å². The summed E-state index contributed by atoms with van der Waals surface area (Å²) in [5.41, 5.74) is 3.53. The average molecular weight is 490 g/mol. The Morgan fingerprint density at radius 1 is 1.19 bits per heavy atom. The van der Waals surface area contributed by atoms with Crippen LogP contribution in [-0.2, 0) is 13.0 Å². The number of aromatic nitrogens is 2. The molecule has 0 amide bonds. The molecule has 5 nitrogen and oxygen atoms in total. The van der Waals surface area contributed by atoms with Gasteiger partial charge >= 0.3 is 0 Å². The van der Waals surface area contributed by atoms with Crippen LogP contribution in [0.2, 0.25) is 5.02 Å². The molecule has 2 aromatic rings. The molecule has 7 heteroatoms. The summed E-state index contributed by atoms with van der Waals surface area (Å²) >= 11 is 5.91. The van der Waals surface area contributed by atoms with Gasteiger partial charge in [-0.1, -0.05) is 23.7 Å². The number of rotatable bonds is 8. The molecule has 0 fully saturated rings. The van der Waals surface area contributed by atoms with Crippen LogP contribution in [0.4, 0.5) is 0 Å². The highest BCUT2D eigenvalue weighted by atomic mass is 127. The summed E-state index contributed by atoms with van der Waals surface area (Å²) in [5.74, 6) is 0.866. The molecule has 1 heterocycles. The van der Waals surface area contributed by atoms with Crippen molar-refractivity contribution in [2.45, 2.75) is 40.2 Å². The van der Waals surface area contributed by atoms with Crippen molar-refractivity contribution in [1.29, 1.82) is 0 Å². The van der Waals surface area contributed by atoms with E-state index in [2.05, 4.69) is 52.8 Å². The molecule has 1 aromatic carbocycles. The molecule has 0 aliphatic rings. The van der Waals surface area contributed by atoms with E-state index in [1.54, 1.807) is 0 Å². The predicted molar refractivity (Wildman–Crippen MR) is 121 cm³/mol. The molecule has 1 aromatic heterocycles. The number of nitrogens with zero attached hydrogens (tertiary/aromatic N) is 3. The van der Waals surface area contributed by atoms with E-state index in [0.717, 1.165) is 55.7 Å². The van der Waals surface area contributed by atoms with E-state index >= 15 is 0 Å². The van der Waals surface area contributed by atoms with E-state index in [4.69, 9.17) is 11.6 Å². The highest BCUT2D eigenvalue weighted by molar-refractivity contribution is 14.0. The first-order chi connectivity index (χ1) is 12.1. The first-order valence-electron chi connectivity index (χ1n) is 8.86. The first kappa shape index (κ1) is 22.8. The van der Waals surface area contributed by atoms with Gasteiger partial charge in [0.05, 0.1) is 5.69 Å². The maximum Gasteiger partial charge on any atom is 0.191 e. The van der Waals surface area contributed by atoms with Crippen LogP contribution in [0, 0.1) is 13.8 Å². The third kappa shape index (κ3) is 7.95. The van der Waals surface area contributed by atoms with Crippen LogP contribution < -0.4 is 10.6 Å². The Labute approximate surface area is 178 Å². The van der Waals surface area contributed by atoms with Crippen LogP contribution in [0.15, 0.2) is 35.3 Å². The Kier molecular flexibility index (Phi) is 10.7. The minimum absolute atomic E-state index is 0. The lowest BCUT2D eigenvalue weighted by Gasteiger charge is -2.11. The van der Waals surface area contributed by atoms with E-state index < -0.39 is 0 Å². The van der Waals surface area contributed by atoms with Crippen molar-refractivity contribution in [1.82, 2.24) is 20.4 Å². The van der Waals surface area contributed by atoms with Gasteiger partial charge in [0, 0.05) is 36.9 Å². The highest BCUT2D eigenvalue weighted by Gasteiger charge is 2.01. The molecule has 0 radical (unpaired) electrons. The molecule has 2 N–H and O–H groups in total. The maximum atomic E-state index is 5.91. The van der Waals surface area contributed by atoms with Crippen LogP contribution in [0.5, 0.6) is 0 Å². The molecule has 0 aliphatic heterocycles. The number of aliphatic imine (C=N–C) groups is 1. The summed E-state index contributed by atoms with van der Waals surface area (Å²) in [5, 5.41) is 11.9. The van der Waals surface area contributed by atoms with Crippen LogP contribution in [0.25, 0.3) is 0 Å². The van der Waals surface area contributed by atoms with Crippen molar-refractivity contribution >= 4 is 41.5 Å². The van der Waals surface area contributed by atoms with Gasteiger partial charge < -0.3 is 10.6 Å². The quantitative estimate of drug-likeness (QED) is 0.255. The van der Waals surface area contributed by atoms with Crippen molar-refractivity contribution in [2.24, 2.45) is 4.99 Å². The highest BCUT2D eigenvalue weighted by Crippen LogP contribution is 2.09. The van der Waals surface area contributed by atoms with E-state index in [1.165, 1.54) is 11.3 Å². The SMILES string of the molecule is CCNC(=NCCCn1nc(C)cc1C)NCCc1ccc(Cl)cc1.I. The minimum Gasteiger partial charge on any atom is -0.357 e. The van der Waals surface area contributed by atoms with Crippen molar-refractivity contribution < 1.29 is 0 Å². The Hall–Kier alpha value is -1.28. The summed E-state index contributed by atoms with van der Waals surface area (Å²) in [7, 11) is 0. The van der Waals surface area contributed by atoms with Crippen LogP contribution in [0.1, 0.15) is 30.3 Å². The summed E-state index contributed by atoms with van der Waals surface area (Å²) in [6.07, 6.45) is 1.91. The molecule has 0 aliphatic carbocycles. The van der Waals surface area contributed by atoms with E-state index in [1.807, 2.05) is 23.7 Å². The normalized spacial score (nSPS) is 11.2. The van der Waals surface area contributed by atoms with Crippen molar-refractivity contribution in [3.05, 3.63) is 52.3 Å². The number of nitrogens with one attached hydrogen (secondary N) is 2. The fraction of sp³-hybridized carbons (Fsp3) is 0.474. The molecule has 0 bridgehead atoms. The molecule has 144 valence electrons. The summed E-state index contributed by atoms with van der Waals surface area (Å²) < 4.78 is 2.05. The van der Waals surface area contributed by atoms with Gasteiger partial charge in [-0.15, -0.1) is 24.0 Å². The number of halogens is 2. The Bertz CT molecular complexity index is 682. The zero-order valence-corrected chi connectivity index (χ0v) is 18.8. The zero-order chi connectivity index (χ0) is 18.1. The summed E-state index contributed by atoms with van der Waals surface area (Å²) in [4.78, 5) is 4.64.